The van der Waals surface area contributed by atoms with Gasteiger partial charge >= 0.3 is 0 Å². The predicted octanol–water partition coefficient (Wildman–Crippen LogP) is 3.65. The van der Waals surface area contributed by atoms with Crippen LogP contribution in [0, 0.1) is 0 Å². The second kappa shape index (κ2) is 5.93. The van der Waals surface area contributed by atoms with Crippen molar-refractivity contribution in [1.29, 1.82) is 0 Å². The SMILES string of the molecule is COc1cc2nc(Cl)nc(NC3CCCC3)c2cc1OC. The van der Waals surface area contributed by atoms with Gasteiger partial charge < -0.3 is 14.8 Å². The Morgan fingerprint density at radius 2 is 1.76 bits per heavy atom. The fourth-order valence-corrected chi connectivity index (χ4v) is 2.98. The van der Waals surface area contributed by atoms with Gasteiger partial charge in [-0.1, -0.05) is 12.8 Å². The summed E-state index contributed by atoms with van der Waals surface area (Å²) in [5.74, 6) is 2.05. The Bertz CT molecular complexity index is 657. The minimum absolute atomic E-state index is 0.232. The first-order valence-corrected chi connectivity index (χ1v) is 7.45. The molecule has 21 heavy (non-hydrogen) atoms. The Morgan fingerprint density at radius 1 is 1.10 bits per heavy atom. The number of nitrogens with one attached hydrogen (secondary N) is 1. The highest BCUT2D eigenvalue weighted by Gasteiger charge is 2.18. The summed E-state index contributed by atoms with van der Waals surface area (Å²) in [6, 6.07) is 4.16. The van der Waals surface area contributed by atoms with Crippen molar-refractivity contribution in [3.05, 3.63) is 17.4 Å². The minimum atomic E-state index is 0.232. The van der Waals surface area contributed by atoms with Crippen molar-refractivity contribution >= 4 is 28.3 Å². The summed E-state index contributed by atoms with van der Waals surface area (Å²) in [5.41, 5.74) is 0.744. The van der Waals surface area contributed by atoms with Crippen molar-refractivity contribution in [2.24, 2.45) is 0 Å². The van der Waals surface area contributed by atoms with Gasteiger partial charge in [-0.05, 0) is 30.5 Å². The van der Waals surface area contributed by atoms with E-state index in [1.807, 2.05) is 12.1 Å². The summed E-state index contributed by atoms with van der Waals surface area (Å²) >= 11 is 6.04. The van der Waals surface area contributed by atoms with Gasteiger partial charge in [0.2, 0.25) is 5.28 Å². The van der Waals surface area contributed by atoms with Crippen LogP contribution in [0.2, 0.25) is 5.28 Å². The quantitative estimate of drug-likeness (QED) is 0.874. The number of methoxy groups -OCH3 is 2. The number of anilines is 1. The van der Waals surface area contributed by atoms with Crippen LogP contribution in [0.1, 0.15) is 25.7 Å². The van der Waals surface area contributed by atoms with E-state index < -0.39 is 0 Å². The van der Waals surface area contributed by atoms with E-state index in [0.29, 0.717) is 17.5 Å². The zero-order valence-electron chi connectivity index (χ0n) is 12.1. The molecule has 0 radical (unpaired) electrons. The lowest BCUT2D eigenvalue weighted by Gasteiger charge is -2.16. The second-order valence-corrected chi connectivity index (χ2v) is 5.53. The van der Waals surface area contributed by atoms with E-state index in [2.05, 4.69) is 15.3 Å². The molecule has 112 valence electrons. The molecular weight excluding hydrogens is 290 g/mol. The number of rotatable bonds is 4. The first-order valence-electron chi connectivity index (χ1n) is 7.07. The maximum absolute atomic E-state index is 6.04. The van der Waals surface area contributed by atoms with Gasteiger partial charge in [0.1, 0.15) is 5.82 Å². The third-order valence-corrected chi connectivity index (χ3v) is 4.04. The molecule has 5 nitrogen and oxygen atoms in total. The lowest BCUT2D eigenvalue weighted by atomic mass is 10.2. The molecule has 3 rings (SSSR count). The highest BCUT2D eigenvalue weighted by atomic mass is 35.5. The van der Waals surface area contributed by atoms with Crippen LogP contribution in [0.15, 0.2) is 12.1 Å². The molecule has 0 saturated heterocycles. The number of nitrogens with zero attached hydrogens (tertiary/aromatic N) is 2. The average molecular weight is 308 g/mol. The maximum atomic E-state index is 6.04. The van der Waals surface area contributed by atoms with Crippen LogP contribution in [0.5, 0.6) is 11.5 Å². The highest BCUT2D eigenvalue weighted by Crippen LogP contribution is 2.35. The zero-order chi connectivity index (χ0) is 14.8. The standard InChI is InChI=1S/C15H18ClN3O2/c1-20-12-7-10-11(8-13(12)21-2)18-15(16)19-14(10)17-9-5-3-4-6-9/h7-9H,3-6H2,1-2H3,(H,17,18,19). The lowest BCUT2D eigenvalue weighted by molar-refractivity contribution is 0.356. The molecule has 2 aromatic rings. The number of fused-ring (bicyclic) bond motifs is 1. The number of hydrogen-bond acceptors (Lipinski definition) is 5. The summed E-state index contributed by atoms with van der Waals surface area (Å²) in [7, 11) is 3.22. The van der Waals surface area contributed by atoms with Crippen LogP contribution in [-0.4, -0.2) is 30.2 Å². The molecule has 0 spiro atoms. The lowest BCUT2D eigenvalue weighted by Crippen LogP contribution is -2.16. The Morgan fingerprint density at radius 3 is 2.43 bits per heavy atom. The first kappa shape index (κ1) is 14.2. The molecule has 1 N–H and O–H groups in total. The normalized spacial score (nSPS) is 15.4. The van der Waals surface area contributed by atoms with Gasteiger partial charge in [0.25, 0.3) is 0 Å². The maximum Gasteiger partial charge on any atom is 0.224 e. The van der Waals surface area contributed by atoms with E-state index in [9.17, 15) is 0 Å². The number of halogens is 1. The number of ether oxygens (including phenoxy) is 2. The molecule has 1 aliphatic carbocycles. The monoisotopic (exact) mass is 307 g/mol. The van der Waals surface area contributed by atoms with Crippen LogP contribution in [-0.2, 0) is 0 Å². The fraction of sp³-hybridized carbons (Fsp3) is 0.467. The van der Waals surface area contributed by atoms with Gasteiger partial charge in [-0.25, -0.2) is 9.97 Å². The summed E-state index contributed by atoms with van der Waals surface area (Å²) in [4.78, 5) is 8.62. The number of aromatic nitrogens is 2. The molecule has 0 unspecified atom stereocenters. The van der Waals surface area contributed by atoms with Gasteiger partial charge in [-0.15, -0.1) is 0 Å². The van der Waals surface area contributed by atoms with Gasteiger partial charge in [0.15, 0.2) is 11.5 Å². The summed E-state index contributed by atoms with van der Waals surface area (Å²) in [6.45, 7) is 0. The molecule has 0 atom stereocenters. The van der Waals surface area contributed by atoms with E-state index in [4.69, 9.17) is 21.1 Å². The van der Waals surface area contributed by atoms with Crippen molar-refractivity contribution in [3.63, 3.8) is 0 Å². The number of hydrogen-bond donors (Lipinski definition) is 1. The molecule has 0 aliphatic heterocycles. The largest absolute Gasteiger partial charge is 0.493 e. The molecule has 1 aromatic heterocycles. The number of benzene rings is 1. The molecule has 1 aromatic carbocycles. The smallest absolute Gasteiger partial charge is 0.224 e. The Labute approximate surface area is 128 Å². The summed E-state index contributed by atoms with van der Waals surface area (Å²) in [5, 5.41) is 4.61. The van der Waals surface area contributed by atoms with Crippen LogP contribution in [0.4, 0.5) is 5.82 Å². The summed E-state index contributed by atoms with van der Waals surface area (Å²) < 4.78 is 10.7. The highest BCUT2D eigenvalue weighted by molar-refractivity contribution is 6.28. The van der Waals surface area contributed by atoms with E-state index in [-0.39, 0.29) is 5.28 Å². The van der Waals surface area contributed by atoms with E-state index >= 15 is 0 Å². The van der Waals surface area contributed by atoms with Crippen LogP contribution in [0.25, 0.3) is 10.9 Å². The molecule has 1 fully saturated rings. The van der Waals surface area contributed by atoms with Crippen molar-refractivity contribution in [2.45, 2.75) is 31.7 Å². The third-order valence-electron chi connectivity index (χ3n) is 3.87. The van der Waals surface area contributed by atoms with Gasteiger partial charge in [-0.2, -0.15) is 0 Å². The minimum Gasteiger partial charge on any atom is -0.493 e. The first-order chi connectivity index (χ1) is 10.2. The van der Waals surface area contributed by atoms with E-state index in [0.717, 1.165) is 29.6 Å². The summed E-state index contributed by atoms with van der Waals surface area (Å²) in [6.07, 6.45) is 4.84. The van der Waals surface area contributed by atoms with Crippen LogP contribution < -0.4 is 14.8 Å². The molecule has 1 saturated carbocycles. The molecule has 6 heteroatoms. The second-order valence-electron chi connectivity index (χ2n) is 5.19. The topological polar surface area (TPSA) is 56.3 Å². The average Bonchev–Trinajstić information content (AvgIpc) is 2.98. The van der Waals surface area contributed by atoms with Crippen LogP contribution >= 0.6 is 11.6 Å². The van der Waals surface area contributed by atoms with Gasteiger partial charge in [0, 0.05) is 17.5 Å². The fourth-order valence-electron chi connectivity index (χ4n) is 2.80. The van der Waals surface area contributed by atoms with Crippen molar-refractivity contribution < 1.29 is 9.47 Å². The Balaban J connectivity index is 2.08. The van der Waals surface area contributed by atoms with Crippen molar-refractivity contribution in [2.75, 3.05) is 19.5 Å². The molecule has 1 aliphatic rings. The molecule has 1 heterocycles. The zero-order valence-corrected chi connectivity index (χ0v) is 12.9. The van der Waals surface area contributed by atoms with Crippen molar-refractivity contribution in [3.8, 4) is 11.5 Å². The van der Waals surface area contributed by atoms with Crippen LogP contribution in [0.3, 0.4) is 0 Å². The van der Waals surface area contributed by atoms with E-state index in [1.54, 1.807) is 14.2 Å². The Hall–Kier alpha value is -1.75. The van der Waals surface area contributed by atoms with E-state index in [1.165, 1.54) is 12.8 Å². The molecule has 0 bridgehead atoms. The Kier molecular flexibility index (Phi) is 4.01. The third kappa shape index (κ3) is 2.83. The molecular formula is C15H18ClN3O2. The predicted molar refractivity (Wildman–Crippen MR) is 83.5 cm³/mol. The van der Waals surface area contributed by atoms with Gasteiger partial charge in [-0.3, -0.25) is 0 Å². The molecule has 0 amide bonds. The van der Waals surface area contributed by atoms with Crippen molar-refractivity contribution in [1.82, 2.24) is 9.97 Å². The van der Waals surface area contributed by atoms with Gasteiger partial charge in [0.05, 0.1) is 19.7 Å².